The van der Waals surface area contributed by atoms with Crippen LogP contribution < -0.4 is 21.5 Å². The van der Waals surface area contributed by atoms with Crippen LogP contribution in [0.4, 0.5) is 0 Å². The van der Waals surface area contributed by atoms with Gasteiger partial charge in [-0.05, 0) is 57.3 Å². The van der Waals surface area contributed by atoms with E-state index in [9.17, 15) is 14.4 Å². The van der Waals surface area contributed by atoms with E-state index in [0.29, 0.717) is 18.1 Å². The zero-order chi connectivity index (χ0) is 24.3. The number of ether oxygens (including phenoxy) is 1. The van der Waals surface area contributed by atoms with Crippen LogP contribution in [0.2, 0.25) is 0 Å². The van der Waals surface area contributed by atoms with Crippen molar-refractivity contribution in [3.63, 3.8) is 0 Å². The molecule has 3 amide bonds. The van der Waals surface area contributed by atoms with Gasteiger partial charge in [-0.25, -0.2) is 4.68 Å². The maximum atomic E-state index is 13.3. The average Bonchev–Trinajstić information content (AvgIpc) is 3.13. The van der Waals surface area contributed by atoms with E-state index in [1.165, 1.54) is 10.9 Å². The minimum Gasteiger partial charge on any atom is -0.477 e. The van der Waals surface area contributed by atoms with E-state index < -0.39 is 11.3 Å². The molecule has 2 unspecified atom stereocenters. The van der Waals surface area contributed by atoms with Gasteiger partial charge in [0, 0.05) is 18.2 Å². The molecule has 5 N–H and O–H groups in total. The van der Waals surface area contributed by atoms with E-state index in [1.807, 2.05) is 13.8 Å². The molecule has 33 heavy (non-hydrogen) atoms. The van der Waals surface area contributed by atoms with Crippen LogP contribution in [-0.4, -0.2) is 40.2 Å². The number of fused-ring (bicyclic) bond motifs is 2. The van der Waals surface area contributed by atoms with E-state index in [0.717, 1.165) is 32.1 Å². The number of nitrogens with two attached hydrogens (primary N) is 2. The molecule has 0 aromatic carbocycles. The molecule has 0 aliphatic heterocycles. The van der Waals surface area contributed by atoms with Gasteiger partial charge < -0.3 is 21.5 Å². The second kappa shape index (κ2) is 9.97. The van der Waals surface area contributed by atoms with Crippen molar-refractivity contribution in [3.8, 4) is 5.88 Å². The van der Waals surface area contributed by atoms with Crippen LogP contribution in [0.5, 0.6) is 5.88 Å². The molecule has 1 aromatic rings. The summed E-state index contributed by atoms with van der Waals surface area (Å²) in [6.45, 7) is 7.86. The van der Waals surface area contributed by atoms with Gasteiger partial charge >= 0.3 is 0 Å². The van der Waals surface area contributed by atoms with Crippen molar-refractivity contribution in [1.29, 1.82) is 0 Å². The lowest BCUT2D eigenvalue weighted by Crippen LogP contribution is -2.52. The SMILES string of the molecule is CC(C)COc1c(C(=O)NC2C3CCCC2CC(C(N)=O)C3)cnn1C=CC(C)(C)C(N)=O. The average molecular weight is 460 g/mol. The molecular weight excluding hydrogens is 422 g/mol. The predicted molar refractivity (Wildman–Crippen MR) is 125 cm³/mol. The molecule has 0 saturated heterocycles. The van der Waals surface area contributed by atoms with Crippen molar-refractivity contribution in [2.24, 2.45) is 40.6 Å². The van der Waals surface area contributed by atoms with Crippen molar-refractivity contribution >= 4 is 23.9 Å². The summed E-state index contributed by atoms with van der Waals surface area (Å²) in [6, 6.07) is 0.00693. The first-order valence-corrected chi connectivity index (χ1v) is 11.8. The van der Waals surface area contributed by atoms with Gasteiger partial charge in [-0.1, -0.05) is 26.3 Å². The Hall–Kier alpha value is -2.84. The molecule has 1 heterocycles. The summed E-state index contributed by atoms with van der Waals surface area (Å²) in [5.74, 6) is -0.00971. The van der Waals surface area contributed by atoms with Crippen LogP contribution in [0.1, 0.15) is 70.2 Å². The highest BCUT2D eigenvalue weighted by Gasteiger charge is 2.43. The zero-order valence-electron chi connectivity index (χ0n) is 20.0. The van der Waals surface area contributed by atoms with E-state index in [2.05, 4.69) is 10.4 Å². The molecule has 2 fully saturated rings. The lowest BCUT2D eigenvalue weighted by molar-refractivity contribution is -0.125. The first-order valence-electron chi connectivity index (χ1n) is 11.8. The molecule has 2 aliphatic rings. The van der Waals surface area contributed by atoms with Crippen molar-refractivity contribution in [3.05, 3.63) is 17.8 Å². The maximum Gasteiger partial charge on any atom is 0.258 e. The number of aromatic nitrogens is 2. The third-order valence-electron chi connectivity index (χ3n) is 6.86. The number of hydrogen-bond acceptors (Lipinski definition) is 5. The van der Waals surface area contributed by atoms with Gasteiger partial charge in [0.05, 0.1) is 18.2 Å². The van der Waals surface area contributed by atoms with Crippen molar-refractivity contribution in [2.75, 3.05) is 6.61 Å². The fraction of sp³-hybridized carbons (Fsp3) is 0.667. The van der Waals surface area contributed by atoms with Crippen molar-refractivity contribution in [2.45, 2.75) is 65.8 Å². The van der Waals surface area contributed by atoms with Crippen molar-refractivity contribution in [1.82, 2.24) is 15.1 Å². The largest absolute Gasteiger partial charge is 0.477 e. The van der Waals surface area contributed by atoms with Gasteiger partial charge in [0.1, 0.15) is 5.56 Å². The minimum atomic E-state index is -0.875. The van der Waals surface area contributed by atoms with E-state index in [4.69, 9.17) is 16.2 Å². The molecule has 0 spiro atoms. The molecule has 3 rings (SSSR count). The second-order valence-corrected chi connectivity index (χ2v) is 10.4. The van der Waals surface area contributed by atoms with Crippen LogP contribution in [0.25, 0.3) is 6.20 Å². The predicted octanol–water partition coefficient (Wildman–Crippen LogP) is 2.31. The summed E-state index contributed by atoms with van der Waals surface area (Å²) in [5.41, 5.74) is 10.5. The Morgan fingerprint density at radius 1 is 1.24 bits per heavy atom. The minimum absolute atomic E-state index is 0.00693. The summed E-state index contributed by atoms with van der Waals surface area (Å²) >= 11 is 0. The highest BCUT2D eigenvalue weighted by Crippen LogP contribution is 2.43. The molecule has 9 heteroatoms. The van der Waals surface area contributed by atoms with Gasteiger partial charge in [-0.15, -0.1) is 0 Å². The Bertz CT molecular complexity index is 906. The third-order valence-corrected chi connectivity index (χ3v) is 6.86. The third kappa shape index (κ3) is 5.75. The summed E-state index contributed by atoms with van der Waals surface area (Å²) in [6.07, 6.45) is 9.23. The number of nitrogens with one attached hydrogen (secondary N) is 1. The van der Waals surface area contributed by atoms with E-state index in [1.54, 1.807) is 26.1 Å². The first-order chi connectivity index (χ1) is 15.5. The second-order valence-electron chi connectivity index (χ2n) is 10.4. The fourth-order valence-electron chi connectivity index (χ4n) is 4.78. The quantitative estimate of drug-likeness (QED) is 0.519. The summed E-state index contributed by atoms with van der Waals surface area (Å²) < 4.78 is 7.42. The lowest BCUT2D eigenvalue weighted by atomic mass is 9.64. The van der Waals surface area contributed by atoms with Gasteiger partial charge in [0.15, 0.2) is 0 Å². The normalized spacial score (nSPS) is 25.2. The summed E-state index contributed by atoms with van der Waals surface area (Å²) in [7, 11) is 0. The highest BCUT2D eigenvalue weighted by atomic mass is 16.5. The van der Waals surface area contributed by atoms with Gasteiger partial charge in [0.25, 0.3) is 5.91 Å². The van der Waals surface area contributed by atoms with Gasteiger partial charge in [0.2, 0.25) is 17.7 Å². The standard InChI is InChI=1S/C24H37N5O4/c1-14(2)13-33-22-18(12-27-29(22)9-8-24(3,4)23(26)32)21(31)28-19-15-6-5-7-16(19)11-17(10-15)20(25)30/h8-9,12,14-17,19H,5-7,10-11,13H2,1-4H3,(H2,25,30)(H2,26,32)(H,28,31). The molecule has 2 atom stereocenters. The molecule has 2 saturated carbocycles. The molecule has 0 radical (unpaired) electrons. The van der Waals surface area contributed by atoms with Crippen LogP contribution in [0.15, 0.2) is 12.3 Å². The Labute approximate surface area is 195 Å². The van der Waals surface area contributed by atoms with Crippen LogP contribution >= 0.6 is 0 Å². The number of carbonyl (C=O) groups is 3. The van der Waals surface area contributed by atoms with Gasteiger partial charge in [-0.2, -0.15) is 5.10 Å². The summed E-state index contributed by atoms with van der Waals surface area (Å²) in [4.78, 5) is 36.7. The topological polar surface area (TPSA) is 142 Å². The number of hydrogen-bond donors (Lipinski definition) is 3. The number of amides is 3. The highest BCUT2D eigenvalue weighted by molar-refractivity contribution is 5.96. The van der Waals surface area contributed by atoms with Crippen LogP contribution in [0.3, 0.4) is 0 Å². The molecular formula is C24H37N5O4. The maximum absolute atomic E-state index is 13.3. The number of rotatable bonds is 9. The molecule has 2 bridgehead atoms. The molecule has 182 valence electrons. The first kappa shape index (κ1) is 24.8. The lowest BCUT2D eigenvalue weighted by Gasteiger charge is -2.45. The number of carbonyl (C=O) groups excluding carboxylic acids is 3. The Balaban J connectivity index is 1.82. The molecule has 9 nitrogen and oxygen atoms in total. The Morgan fingerprint density at radius 3 is 2.42 bits per heavy atom. The van der Waals surface area contributed by atoms with Crippen LogP contribution in [0, 0.1) is 29.1 Å². The Morgan fingerprint density at radius 2 is 1.88 bits per heavy atom. The zero-order valence-corrected chi connectivity index (χ0v) is 20.0. The monoisotopic (exact) mass is 459 g/mol. The van der Waals surface area contributed by atoms with E-state index in [-0.39, 0.29) is 41.5 Å². The van der Waals surface area contributed by atoms with Crippen LogP contribution in [-0.2, 0) is 9.59 Å². The molecule has 2 aliphatic carbocycles. The Kier molecular flexibility index (Phi) is 7.49. The van der Waals surface area contributed by atoms with Crippen molar-refractivity contribution < 1.29 is 19.1 Å². The fourth-order valence-corrected chi connectivity index (χ4v) is 4.78. The molecule has 1 aromatic heterocycles. The number of primary amides is 2. The summed E-state index contributed by atoms with van der Waals surface area (Å²) in [5, 5.41) is 7.51. The number of nitrogens with zero attached hydrogens (tertiary/aromatic N) is 2. The van der Waals surface area contributed by atoms with Gasteiger partial charge in [-0.3, -0.25) is 14.4 Å². The smallest absolute Gasteiger partial charge is 0.258 e. The van der Waals surface area contributed by atoms with E-state index >= 15 is 0 Å².